The summed E-state index contributed by atoms with van der Waals surface area (Å²) in [7, 11) is 0. The van der Waals surface area contributed by atoms with Gasteiger partial charge in [0.05, 0.1) is 11.3 Å². The second-order valence-electron chi connectivity index (χ2n) is 6.64. The summed E-state index contributed by atoms with van der Waals surface area (Å²) in [6.07, 6.45) is 1.18. The largest absolute Gasteiger partial charge is 0.416 e. The van der Waals surface area contributed by atoms with E-state index in [1.165, 1.54) is 11.9 Å². The van der Waals surface area contributed by atoms with Crippen LogP contribution in [0.3, 0.4) is 0 Å². The third-order valence-corrected chi connectivity index (χ3v) is 3.82. The predicted molar refractivity (Wildman–Crippen MR) is 96.9 cm³/mol. The molecule has 128 valence electrons. The molecule has 6 nitrogen and oxygen atoms in total. The lowest BCUT2D eigenvalue weighted by molar-refractivity contribution is 0.240. The molecule has 3 aromatic rings. The van der Waals surface area contributed by atoms with E-state index < -0.39 is 0 Å². The van der Waals surface area contributed by atoms with Gasteiger partial charge in [-0.1, -0.05) is 45.0 Å². The second kappa shape index (κ2) is 6.86. The zero-order valence-corrected chi connectivity index (χ0v) is 14.4. The highest BCUT2D eigenvalue weighted by molar-refractivity contribution is 5.74. The number of nitrogens with one attached hydrogen (secondary N) is 1. The number of hydrogen-bond donors (Lipinski definition) is 2. The molecule has 0 aliphatic rings. The average molecular weight is 336 g/mol. The first kappa shape index (κ1) is 16.9. The molecule has 0 saturated carbocycles. The van der Waals surface area contributed by atoms with E-state index in [2.05, 4.69) is 48.1 Å². The Hall–Kier alpha value is -2.99. The zero-order chi connectivity index (χ0) is 17.9. The number of aromatic nitrogens is 2. The van der Waals surface area contributed by atoms with E-state index in [0.29, 0.717) is 23.0 Å². The van der Waals surface area contributed by atoms with Crippen molar-refractivity contribution in [3.63, 3.8) is 0 Å². The molecule has 1 heterocycles. The quantitative estimate of drug-likeness (QED) is 0.421. The van der Waals surface area contributed by atoms with Gasteiger partial charge in [0.15, 0.2) is 0 Å². The van der Waals surface area contributed by atoms with Gasteiger partial charge in [-0.05, 0) is 35.2 Å². The summed E-state index contributed by atoms with van der Waals surface area (Å²) in [6.45, 7) is 6.52. The van der Waals surface area contributed by atoms with Gasteiger partial charge >= 0.3 is 0 Å². The fourth-order valence-corrected chi connectivity index (χ4v) is 2.43. The molecule has 0 unspecified atom stereocenters. The van der Waals surface area contributed by atoms with Crippen LogP contribution in [-0.2, 0) is 5.41 Å². The van der Waals surface area contributed by atoms with E-state index in [4.69, 9.17) is 9.62 Å². The number of nitrogens with zero attached hydrogens (tertiary/aromatic N) is 3. The van der Waals surface area contributed by atoms with E-state index >= 15 is 0 Å². The third-order valence-electron chi connectivity index (χ3n) is 3.82. The number of benzene rings is 2. The Balaban J connectivity index is 1.92. The Bertz CT molecular complexity index is 877. The highest BCUT2D eigenvalue weighted by Crippen LogP contribution is 2.31. The molecule has 0 aliphatic carbocycles. The monoisotopic (exact) mass is 336 g/mol. The van der Waals surface area contributed by atoms with Crippen LogP contribution < -0.4 is 5.48 Å². The lowest BCUT2D eigenvalue weighted by Crippen LogP contribution is -2.10. The SMILES string of the molecule is CC(C)(C)c1ccc(-c2nnc(-c3ccccc3N=CNO)o2)cc1. The van der Waals surface area contributed by atoms with E-state index in [0.717, 1.165) is 5.56 Å². The molecule has 0 amide bonds. The van der Waals surface area contributed by atoms with E-state index in [-0.39, 0.29) is 5.41 Å². The van der Waals surface area contributed by atoms with E-state index in [9.17, 15) is 0 Å². The minimum atomic E-state index is 0.0935. The zero-order valence-electron chi connectivity index (χ0n) is 14.4. The molecule has 2 N–H and O–H groups in total. The fourth-order valence-electron chi connectivity index (χ4n) is 2.43. The predicted octanol–water partition coefficient (Wildman–Crippen LogP) is 4.34. The maximum absolute atomic E-state index is 8.67. The van der Waals surface area contributed by atoms with Crippen LogP contribution in [0.1, 0.15) is 26.3 Å². The molecule has 0 aliphatic heterocycles. The summed E-state index contributed by atoms with van der Waals surface area (Å²) >= 11 is 0. The van der Waals surface area contributed by atoms with Gasteiger partial charge in [-0.25, -0.2) is 4.99 Å². The van der Waals surface area contributed by atoms with Gasteiger partial charge < -0.3 is 4.42 Å². The molecular formula is C19H20N4O2. The highest BCUT2D eigenvalue weighted by atomic mass is 16.5. The van der Waals surface area contributed by atoms with Crippen molar-refractivity contribution in [2.24, 2.45) is 4.99 Å². The van der Waals surface area contributed by atoms with Crippen molar-refractivity contribution in [2.75, 3.05) is 0 Å². The number of rotatable bonds is 4. The van der Waals surface area contributed by atoms with Crippen LogP contribution in [0.5, 0.6) is 0 Å². The van der Waals surface area contributed by atoms with Crippen molar-refractivity contribution < 1.29 is 9.62 Å². The average Bonchev–Trinajstić information content (AvgIpc) is 3.09. The minimum Gasteiger partial charge on any atom is -0.416 e. The molecule has 0 spiro atoms. The lowest BCUT2D eigenvalue weighted by atomic mass is 9.87. The van der Waals surface area contributed by atoms with Crippen molar-refractivity contribution in [2.45, 2.75) is 26.2 Å². The molecule has 3 rings (SSSR count). The molecule has 0 radical (unpaired) electrons. The smallest absolute Gasteiger partial charge is 0.250 e. The Kier molecular flexibility index (Phi) is 4.63. The maximum Gasteiger partial charge on any atom is 0.250 e. The molecule has 25 heavy (non-hydrogen) atoms. The summed E-state index contributed by atoms with van der Waals surface area (Å²) < 4.78 is 5.82. The molecule has 2 aromatic carbocycles. The first-order valence-electron chi connectivity index (χ1n) is 7.95. The van der Waals surface area contributed by atoms with Crippen molar-refractivity contribution in [3.05, 3.63) is 54.1 Å². The number of aliphatic imine (C=N–C) groups is 1. The maximum atomic E-state index is 8.67. The van der Waals surface area contributed by atoms with Gasteiger partial charge in [-0.2, -0.15) is 0 Å². The van der Waals surface area contributed by atoms with Crippen molar-refractivity contribution in [1.29, 1.82) is 0 Å². The topological polar surface area (TPSA) is 83.5 Å². The standard InChI is InChI=1S/C19H20N4O2/c1-19(2,3)14-10-8-13(9-11-14)17-22-23-18(25-17)15-6-4-5-7-16(15)20-12-21-24/h4-12,24H,1-3H3,(H,20,21). The molecule has 0 saturated heterocycles. The van der Waals surface area contributed by atoms with Gasteiger partial charge in [0, 0.05) is 5.56 Å². The van der Waals surface area contributed by atoms with E-state index in [1.54, 1.807) is 6.07 Å². The summed E-state index contributed by atoms with van der Waals surface area (Å²) in [5.41, 5.74) is 5.39. The van der Waals surface area contributed by atoms with Crippen molar-refractivity contribution in [1.82, 2.24) is 15.7 Å². The van der Waals surface area contributed by atoms with Gasteiger partial charge in [-0.3, -0.25) is 10.7 Å². The Morgan fingerprint density at radius 3 is 2.36 bits per heavy atom. The van der Waals surface area contributed by atoms with Crippen molar-refractivity contribution >= 4 is 12.0 Å². The van der Waals surface area contributed by atoms with Crippen LogP contribution in [0.2, 0.25) is 0 Å². The van der Waals surface area contributed by atoms with Gasteiger partial charge in [0.1, 0.15) is 6.34 Å². The summed E-state index contributed by atoms with van der Waals surface area (Å²) in [5.74, 6) is 0.829. The van der Waals surface area contributed by atoms with Crippen LogP contribution in [0.15, 0.2) is 57.9 Å². The number of hydroxylamine groups is 1. The molecule has 0 bridgehead atoms. The minimum absolute atomic E-state index is 0.0935. The number of hydrogen-bond acceptors (Lipinski definition) is 5. The first-order chi connectivity index (χ1) is 12.0. The number of para-hydroxylation sites is 1. The van der Waals surface area contributed by atoms with Crippen LogP contribution in [-0.4, -0.2) is 21.7 Å². The normalized spacial score (nSPS) is 11.8. The first-order valence-corrected chi connectivity index (χ1v) is 7.95. The third kappa shape index (κ3) is 3.75. The highest BCUT2D eigenvalue weighted by Gasteiger charge is 2.16. The van der Waals surface area contributed by atoms with Gasteiger partial charge in [0.2, 0.25) is 11.8 Å². The van der Waals surface area contributed by atoms with Crippen LogP contribution in [0.4, 0.5) is 5.69 Å². The van der Waals surface area contributed by atoms with Crippen LogP contribution in [0, 0.1) is 0 Å². The molecule has 6 heteroatoms. The van der Waals surface area contributed by atoms with Crippen LogP contribution in [0.25, 0.3) is 22.9 Å². The van der Waals surface area contributed by atoms with Crippen LogP contribution >= 0.6 is 0 Å². The van der Waals surface area contributed by atoms with E-state index in [1.807, 2.05) is 35.8 Å². The Labute approximate surface area is 146 Å². The van der Waals surface area contributed by atoms with Gasteiger partial charge in [0.25, 0.3) is 0 Å². The summed E-state index contributed by atoms with van der Waals surface area (Å²) in [5, 5.41) is 16.9. The Morgan fingerprint density at radius 1 is 1.00 bits per heavy atom. The fraction of sp³-hybridized carbons (Fsp3) is 0.211. The van der Waals surface area contributed by atoms with Gasteiger partial charge in [-0.15, -0.1) is 10.2 Å². The molecular weight excluding hydrogens is 316 g/mol. The lowest BCUT2D eigenvalue weighted by Gasteiger charge is -2.18. The van der Waals surface area contributed by atoms with Crippen molar-refractivity contribution in [3.8, 4) is 22.9 Å². The molecule has 0 atom stereocenters. The second-order valence-corrected chi connectivity index (χ2v) is 6.64. The summed E-state index contributed by atoms with van der Waals surface area (Å²) in [4.78, 5) is 4.11. The summed E-state index contributed by atoms with van der Waals surface area (Å²) in [6, 6.07) is 15.5. The Morgan fingerprint density at radius 2 is 1.68 bits per heavy atom. The molecule has 1 aromatic heterocycles. The molecule has 0 fully saturated rings.